The Morgan fingerprint density at radius 3 is 1.97 bits per heavy atom. The van der Waals surface area contributed by atoms with E-state index in [0.717, 1.165) is 19.2 Å². The van der Waals surface area contributed by atoms with E-state index >= 15 is 0 Å². The number of piperazine rings is 1. The summed E-state index contributed by atoms with van der Waals surface area (Å²) >= 11 is 0. The second kappa shape index (κ2) is 7.85. The lowest BCUT2D eigenvalue weighted by Crippen LogP contribution is -3.14. The number of nitrogens with one attached hydrogen (secondary N) is 1. The van der Waals surface area contributed by atoms with Gasteiger partial charge in [-0.3, -0.25) is 5.01 Å². The van der Waals surface area contributed by atoms with Crippen molar-refractivity contribution < 1.29 is 18.1 Å². The maximum absolute atomic E-state index is 13.2. The van der Waals surface area contributed by atoms with Crippen molar-refractivity contribution in [1.82, 2.24) is 5.01 Å². The third kappa shape index (κ3) is 3.72. The highest BCUT2D eigenvalue weighted by Gasteiger charge is 2.37. The normalized spacial score (nSPS) is 17.2. The van der Waals surface area contributed by atoms with E-state index in [0.29, 0.717) is 19.1 Å². The van der Waals surface area contributed by atoms with Crippen LogP contribution >= 0.6 is 0 Å². The lowest BCUT2D eigenvalue weighted by atomic mass is 10.0. The van der Waals surface area contributed by atoms with Gasteiger partial charge in [0.05, 0.1) is 38.0 Å². The van der Waals surface area contributed by atoms with Gasteiger partial charge in [0.25, 0.3) is 0 Å². The summed E-state index contributed by atoms with van der Waals surface area (Å²) in [5, 5.41) is 6.25. The van der Waals surface area contributed by atoms with E-state index in [-0.39, 0.29) is 5.56 Å². The molecule has 1 fully saturated rings. The van der Waals surface area contributed by atoms with Gasteiger partial charge in [-0.2, -0.15) is 18.3 Å². The fourth-order valence-corrected chi connectivity index (χ4v) is 4.79. The zero-order valence-corrected chi connectivity index (χ0v) is 16.9. The first-order chi connectivity index (χ1) is 15.0. The minimum atomic E-state index is -4.38. The molecule has 3 aromatic rings. The Kier molecular flexibility index (Phi) is 5.02. The first-order valence-electron chi connectivity index (χ1n) is 10.5. The molecule has 6 heteroatoms. The minimum Gasteiger partial charge on any atom is -0.322 e. The Morgan fingerprint density at radius 2 is 1.35 bits per heavy atom. The maximum atomic E-state index is 13.2. The minimum absolute atomic E-state index is 0.100. The van der Waals surface area contributed by atoms with Crippen LogP contribution in [0.25, 0.3) is 11.1 Å². The van der Waals surface area contributed by atoms with E-state index in [2.05, 4.69) is 53.6 Å². The molecule has 0 amide bonds. The summed E-state index contributed by atoms with van der Waals surface area (Å²) in [5.74, 6) is 0. The summed E-state index contributed by atoms with van der Waals surface area (Å²) in [4.78, 5) is 1.47. The molecule has 1 saturated heterocycles. The largest absolute Gasteiger partial charge is 0.417 e. The van der Waals surface area contributed by atoms with Crippen molar-refractivity contribution in [1.29, 1.82) is 0 Å². The highest BCUT2D eigenvalue weighted by atomic mass is 19.4. The summed E-state index contributed by atoms with van der Waals surface area (Å²) < 4.78 is 39.6. The lowest BCUT2D eigenvalue weighted by molar-refractivity contribution is -0.929. The van der Waals surface area contributed by atoms with Crippen LogP contribution in [0.1, 0.15) is 28.3 Å². The fourth-order valence-electron chi connectivity index (χ4n) is 4.79. The van der Waals surface area contributed by atoms with Crippen LogP contribution in [0.15, 0.2) is 77.9 Å². The van der Waals surface area contributed by atoms with Crippen LogP contribution in [0.2, 0.25) is 0 Å². The van der Waals surface area contributed by atoms with Crippen molar-refractivity contribution in [3.05, 3.63) is 95.1 Å². The molecule has 0 bridgehead atoms. The van der Waals surface area contributed by atoms with Crippen molar-refractivity contribution in [2.24, 2.45) is 5.10 Å². The van der Waals surface area contributed by atoms with Crippen molar-refractivity contribution in [3.8, 4) is 11.1 Å². The number of hydrogen-bond donors (Lipinski definition) is 1. The number of rotatable bonds is 3. The molecule has 5 rings (SSSR count). The molecule has 0 saturated carbocycles. The molecule has 0 spiro atoms. The monoisotopic (exact) mass is 422 g/mol. The molecule has 1 heterocycles. The molecular formula is C25H23F3N3+. The Balaban J connectivity index is 1.32. The Hall–Kier alpha value is -3.12. The average Bonchev–Trinajstić information content (AvgIpc) is 3.12. The van der Waals surface area contributed by atoms with Gasteiger partial charge in [-0.1, -0.05) is 66.7 Å². The second-order valence-corrected chi connectivity index (χ2v) is 8.05. The standard InChI is InChI=1S/C25H22F3N3/c26-25(27,28)23-12-6-1-7-18(23)17-29-31-15-13-30(14-16-31)24-21-10-4-2-8-19(21)20-9-3-5-11-22(20)24/h1-12,17,24H,13-16H2/p+1/b29-17-. The number of fused-ring (bicyclic) bond motifs is 3. The van der Waals surface area contributed by atoms with Crippen LogP contribution in [0.4, 0.5) is 13.2 Å². The Morgan fingerprint density at radius 1 is 0.806 bits per heavy atom. The zero-order chi connectivity index (χ0) is 21.4. The number of benzene rings is 3. The summed E-state index contributed by atoms with van der Waals surface area (Å²) in [6.45, 7) is 3.18. The number of nitrogens with zero attached hydrogens (tertiary/aromatic N) is 2. The van der Waals surface area contributed by atoms with Crippen LogP contribution < -0.4 is 4.90 Å². The van der Waals surface area contributed by atoms with E-state index < -0.39 is 11.7 Å². The van der Waals surface area contributed by atoms with E-state index in [1.807, 2.05) is 5.01 Å². The van der Waals surface area contributed by atoms with E-state index in [4.69, 9.17) is 0 Å². The average molecular weight is 422 g/mol. The number of alkyl halides is 3. The molecule has 3 nitrogen and oxygen atoms in total. The molecule has 1 N–H and O–H groups in total. The van der Waals surface area contributed by atoms with Gasteiger partial charge < -0.3 is 4.90 Å². The fraction of sp³-hybridized carbons (Fsp3) is 0.240. The van der Waals surface area contributed by atoms with Gasteiger partial charge in [-0.05, 0) is 17.2 Å². The molecule has 2 aliphatic rings. The quantitative estimate of drug-likeness (QED) is 0.633. The van der Waals surface area contributed by atoms with Crippen LogP contribution in [-0.2, 0) is 6.18 Å². The summed E-state index contributed by atoms with van der Waals surface area (Å²) in [5.41, 5.74) is 4.77. The van der Waals surface area contributed by atoms with Gasteiger partial charge in [-0.25, -0.2) is 0 Å². The first kappa shape index (κ1) is 19.8. The van der Waals surface area contributed by atoms with Gasteiger partial charge in [0.1, 0.15) is 6.04 Å². The van der Waals surface area contributed by atoms with Crippen molar-refractivity contribution in [3.63, 3.8) is 0 Å². The van der Waals surface area contributed by atoms with Crippen molar-refractivity contribution in [2.45, 2.75) is 12.2 Å². The number of quaternary nitrogens is 1. The van der Waals surface area contributed by atoms with Crippen molar-refractivity contribution in [2.75, 3.05) is 26.2 Å². The zero-order valence-electron chi connectivity index (χ0n) is 16.9. The Bertz CT molecular complexity index is 1070. The van der Waals surface area contributed by atoms with Crippen LogP contribution in [0.5, 0.6) is 0 Å². The van der Waals surface area contributed by atoms with E-state index in [1.54, 1.807) is 6.07 Å². The molecule has 31 heavy (non-hydrogen) atoms. The van der Waals surface area contributed by atoms with Gasteiger partial charge in [-0.15, -0.1) is 0 Å². The summed E-state index contributed by atoms with van der Waals surface area (Å²) in [6, 6.07) is 23.0. The number of halogens is 3. The van der Waals surface area contributed by atoms with Crippen LogP contribution in [0, 0.1) is 0 Å². The SMILES string of the molecule is FC(F)(F)c1ccccc1/C=N\N1CC[NH+](C2c3ccccc3-c3ccccc32)CC1. The maximum Gasteiger partial charge on any atom is 0.417 e. The van der Waals surface area contributed by atoms with Crippen LogP contribution in [0.3, 0.4) is 0 Å². The molecule has 1 aliphatic carbocycles. The predicted molar refractivity (Wildman–Crippen MR) is 115 cm³/mol. The van der Waals surface area contributed by atoms with E-state index in [1.165, 1.54) is 45.5 Å². The van der Waals surface area contributed by atoms with Crippen LogP contribution in [-0.4, -0.2) is 37.4 Å². The highest BCUT2D eigenvalue weighted by Crippen LogP contribution is 2.41. The molecule has 1 aliphatic heterocycles. The predicted octanol–water partition coefficient (Wildman–Crippen LogP) is 4.01. The lowest BCUT2D eigenvalue weighted by Gasteiger charge is -2.34. The molecule has 0 atom stereocenters. The molecule has 158 valence electrons. The number of hydrazone groups is 1. The molecule has 3 aromatic carbocycles. The summed E-state index contributed by atoms with van der Waals surface area (Å²) in [7, 11) is 0. The first-order valence-corrected chi connectivity index (χ1v) is 10.5. The number of hydrogen-bond acceptors (Lipinski definition) is 2. The smallest absolute Gasteiger partial charge is 0.322 e. The van der Waals surface area contributed by atoms with Gasteiger partial charge in [0, 0.05) is 16.7 Å². The van der Waals surface area contributed by atoms with Gasteiger partial charge >= 0.3 is 6.18 Å². The third-order valence-corrected chi connectivity index (χ3v) is 6.25. The topological polar surface area (TPSA) is 20.0 Å². The summed E-state index contributed by atoms with van der Waals surface area (Å²) in [6.07, 6.45) is -3.04. The Labute approximate surface area is 179 Å². The van der Waals surface area contributed by atoms with E-state index in [9.17, 15) is 13.2 Å². The van der Waals surface area contributed by atoms with Gasteiger partial charge in [0.15, 0.2) is 0 Å². The molecule has 0 unspecified atom stereocenters. The molecule has 0 radical (unpaired) electrons. The van der Waals surface area contributed by atoms with Gasteiger partial charge in [0.2, 0.25) is 0 Å². The van der Waals surface area contributed by atoms with Crippen molar-refractivity contribution >= 4 is 6.21 Å². The molecular weight excluding hydrogens is 399 g/mol. The third-order valence-electron chi connectivity index (χ3n) is 6.25. The highest BCUT2D eigenvalue weighted by molar-refractivity contribution is 5.82. The molecule has 0 aromatic heterocycles. The second-order valence-electron chi connectivity index (χ2n) is 8.05.